The van der Waals surface area contributed by atoms with Crippen LogP contribution in [0.1, 0.15) is 38.8 Å². The van der Waals surface area contributed by atoms with Crippen molar-refractivity contribution in [2.45, 2.75) is 20.8 Å². The van der Waals surface area contributed by atoms with Crippen molar-refractivity contribution in [2.75, 3.05) is 16.0 Å². The molecular weight excluding hydrogens is 378 g/mol. The van der Waals surface area contributed by atoms with E-state index in [4.69, 9.17) is 0 Å². The van der Waals surface area contributed by atoms with Crippen LogP contribution in [0.15, 0.2) is 66.7 Å². The molecule has 0 atom stereocenters. The normalized spacial score (nSPS) is 10.2. The zero-order chi connectivity index (χ0) is 21.7. The molecule has 0 unspecified atom stereocenters. The predicted octanol–water partition coefficient (Wildman–Crippen LogP) is 4.77. The molecule has 0 aliphatic carbocycles. The van der Waals surface area contributed by atoms with Crippen molar-refractivity contribution in [3.63, 3.8) is 0 Å². The van der Waals surface area contributed by atoms with Crippen molar-refractivity contribution in [1.82, 2.24) is 0 Å². The number of anilines is 3. The molecule has 0 saturated heterocycles. The van der Waals surface area contributed by atoms with E-state index in [-0.39, 0.29) is 17.7 Å². The first-order valence-corrected chi connectivity index (χ1v) is 9.50. The van der Waals surface area contributed by atoms with Crippen LogP contribution in [-0.2, 0) is 4.79 Å². The number of amides is 3. The largest absolute Gasteiger partial charge is 0.326 e. The molecule has 6 heteroatoms. The minimum Gasteiger partial charge on any atom is -0.326 e. The first-order chi connectivity index (χ1) is 14.3. The van der Waals surface area contributed by atoms with Gasteiger partial charge in [0.15, 0.2) is 0 Å². The SMILES string of the molecule is CC(=O)Nc1ccc(NC(=O)c2ccc(C)c(NC(=O)c3ccccc3)c2)cc1C. The first kappa shape index (κ1) is 20.8. The van der Waals surface area contributed by atoms with Crippen molar-refractivity contribution in [1.29, 1.82) is 0 Å². The Morgan fingerprint density at radius 2 is 1.33 bits per heavy atom. The van der Waals surface area contributed by atoms with Gasteiger partial charge < -0.3 is 16.0 Å². The number of rotatable bonds is 5. The number of nitrogens with one attached hydrogen (secondary N) is 3. The quantitative estimate of drug-likeness (QED) is 0.576. The van der Waals surface area contributed by atoms with E-state index < -0.39 is 0 Å². The van der Waals surface area contributed by atoms with Gasteiger partial charge in [-0.25, -0.2) is 0 Å². The van der Waals surface area contributed by atoms with Crippen molar-refractivity contribution < 1.29 is 14.4 Å². The van der Waals surface area contributed by atoms with Gasteiger partial charge in [0.05, 0.1) is 0 Å². The summed E-state index contributed by atoms with van der Waals surface area (Å²) < 4.78 is 0. The summed E-state index contributed by atoms with van der Waals surface area (Å²) in [6.45, 7) is 5.16. The molecule has 0 aliphatic heterocycles. The molecule has 0 aliphatic rings. The first-order valence-electron chi connectivity index (χ1n) is 9.50. The van der Waals surface area contributed by atoms with E-state index >= 15 is 0 Å². The molecule has 30 heavy (non-hydrogen) atoms. The van der Waals surface area contributed by atoms with Crippen molar-refractivity contribution in [2.24, 2.45) is 0 Å². The molecule has 3 aromatic carbocycles. The summed E-state index contributed by atoms with van der Waals surface area (Å²) in [6, 6.07) is 19.3. The van der Waals surface area contributed by atoms with Crippen LogP contribution in [-0.4, -0.2) is 17.7 Å². The van der Waals surface area contributed by atoms with Gasteiger partial charge in [-0.15, -0.1) is 0 Å². The predicted molar refractivity (Wildman–Crippen MR) is 119 cm³/mol. The zero-order valence-electron chi connectivity index (χ0n) is 17.1. The second-order valence-electron chi connectivity index (χ2n) is 7.01. The maximum Gasteiger partial charge on any atom is 0.255 e. The molecule has 0 radical (unpaired) electrons. The number of hydrogen-bond donors (Lipinski definition) is 3. The molecule has 0 saturated carbocycles. The van der Waals surface area contributed by atoms with Crippen LogP contribution in [0.3, 0.4) is 0 Å². The van der Waals surface area contributed by atoms with E-state index in [0.717, 1.165) is 11.1 Å². The second kappa shape index (κ2) is 9.05. The molecule has 0 bridgehead atoms. The maximum absolute atomic E-state index is 12.7. The second-order valence-corrected chi connectivity index (χ2v) is 7.01. The fourth-order valence-corrected chi connectivity index (χ4v) is 2.96. The molecule has 3 amide bonds. The summed E-state index contributed by atoms with van der Waals surface area (Å²) in [4.78, 5) is 36.4. The van der Waals surface area contributed by atoms with Gasteiger partial charge >= 0.3 is 0 Å². The van der Waals surface area contributed by atoms with Gasteiger partial charge in [0, 0.05) is 35.1 Å². The highest BCUT2D eigenvalue weighted by atomic mass is 16.2. The minimum absolute atomic E-state index is 0.153. The summed E-state index contributed by atoms with van der Waals surface area (Å²) >= 11 is 0. The third-order valence-corrected chi connectivity index (χ3v) is 4.58. The lowest BCUT2D eigenvalue weighted by atomic mass is 10.1. The smallest absolute Gasteiger partial charge is 0.255 e. The van der Waals surface area contributed by atoms with Crippen LogP contribution in [0, 0.1) is 13.8 Å². The third-order valence-electron chi connectivity index (χ3n) is 4.58. The Morgan fingerprint density at radius 1 is 0.633 bits per heavy atom. The van der Waals surface area contributed by atoms with E-state index in [1.165, 1.54) is 6.92 Å². The van der Waals surface area contributed by atoms with E-state index in [2.05, 4.69) is 16.0 Å². The van der Waals surface area contributed by atoms with Crippen LogP contribution in [0.4, 0.5) is 17.1 Å². The van der Waals surface area contributed by atoms with Gasteiger partial charge in [0.25, 0.3) is 11.8 Å². The summed E-state index contributed by atoms with van der Waals surface area (Å²) in [7, 11) is 0. The fraction of sp³-hybridized carbons (Fsp3) is 0.125. The topological polar surface area (TPSA) is 87.3 Å². The number of carbonyl (C=O) groups excluding carboxylic acids is 3. The third kappa shape index (κ3) is 5.11. The fourth-order valence-electron chi connectivity index (χ4n) is 2.96. The van der Waals surface area contributed by atoms with E-state index in [1.54, 1.807) is 60.7 Å². The molecule has 3 aromatic rings. The molecule has 0 heterocycles. The van der Waals surface area contributed by atoms with Gasteiger partial charge in [-0.2, -0.15) is 0 Å². The van der Waals surface area contributed by atoms with Crippen LogP contribution in [0.2, 0.25) is 0 Å². The Morgan fingerprint density at radius 3 is 2.00 bits per heavy atom. The zero-order valence-corrected chi connectivity index (χ0v) is 17.1. The van der Waals surface area contributed by atoms with E-state index in [1.807, 2.05) is 19.9 Å². The number of hydrogen-bond acceptors (Lipinski definition) is 3. The standard InChI is InChI=1S/C24H23N3O3/c1-15-9-10-19(14-22(15)27-23(29)18-7-5-4-6-8-18)24(30)26-20-11-12-21(16(2)13-20)25-17(3)28/h4-14H,1-3H3,(H,25,28)(H,26,30)(H,27,29). The average molecular weight is 401 g/mol. The van der Waals surface area contributed by atoms with Crippen LogP contribution in [0.5, 0.6) is 0 Å². The molecule has 3 N–H and O–H groups in total. The monoisotopic (exact) mass is 401 g/mol. The van der Waals surface area contributed by atoms with Crippen molar-refractivity contribution >= 4 is 34.8 Å². The Balaban J connectivity index is 1.75. The average Bonchev–Trinajstić information content (AvgIpc) is 2.72. The van der Waals surface area contributed by atoms with Crippen molar-refractivity contribution in [3.05, 3.63) is 89.0 Å². The summed E-state index contributed by atoms with van der Waals surface area (Å²) in [5.41, 5.74) is 4.54. The summed E-state index contributed by atoms with van der Waals surface area (Å²) in [5, 5.41) is 8.45. The lowest BCUT2D eigenvalue weighted by Crippen LogP contribution is -2.15. The van der Waals surface area contributed by atoms with Crippen LogP contribution < -0.4 is 16.0 Å². The molecule has 0 spiro atoms. The number of carbonyl (C=O) groups is 3. The molecule has 0 aromatic heterocycles. The van der Waals surface area contributed by atoms with Gasteiger partial charge in [-0.05, 0) is 67.4 Å². The van der Waals surface area contributed by atoms with Gasteiger partial charge in [-0.3, -0.25) is 14.4 Å². The highest BCUT2D eigenvalue weighted by Crippen LogP contribution is 2.22. The van der Waals surface area contributed by atoms with E-state index in [0.29, 0.717) is 28.2 Å². The van der Waals surface area contributed by atoms with Crippen molar-refractivity contribution in [3.8, 4) is 0 Å². The minimum atomic E-state index is -0.295. The number of aryl methyl sites for hydroxylation is 2. The number of benzene rings is 3. The lowest BCUT2D eigenvalue weighted by molar-refractivity contribution is -0.114. The Kier molecular flexibility index (Phi) is 6.27. The highest BCUT2D eigenvalue weighted by Gasteiger charge is 2.12. The highest BCUT2D eigenvalue weighted by molar-refractivity contribution is 6.08. The molecular formula is C24H23N3O3. The molecule has 0 fully saturated rings. The lowest BCUT2D eigenvalue weighted by Gasteiger charge is -2.12. The summed E-state index contributed by atoms with van der Waals surface area (Å²) in [5.74, 6) is -0.683. The molecule has 3 rings (SSSR count). The summed E-state index contributed by atoms with van der Waals surface area (Å²) in [6.07, 6.45) is 0. The van der Waals surface area contributed by atoms with Crippen LogP contribution >= 0.6 is 0 Å². The van der Waals surface area contributed by atoms with Gasteiger partial charge in [-0.1, -0.05) is 24.3 Å². The van der Waals surface area contributed by atoms with Gasteiger partial charge in [0.2, 0.25) is 5.91 Å². The Labute approximate surface area is 175 Å². The molecule has 152 valence electrons. The Bertz CT molecular complexity index is 1110. The van der Waals surface area contributed by atoms with Gasteiger partial charge in [0.1, 0.15) is 0 Å². The Hall–Kier alpha value is -3.93. The van der Waals surface area contributed by atoms with Crippen LogP contribution in [0.25, 0.3) is 0 Å². The maximum atomic E-state index is 12.7. The molecule has 6 nitrogen and oxygen atoms in total. The van der Waals surface area contributed by atoms with E-state index in [9.17, 15) is 14.4 Å².